The lowest BCUT2D eigenvalue weighted by molar-refractivity contribution is -0.143. The van der Waals surface area contributed by atoms with Crippen LogP contribution < -0.4 is 24.8 Å². The highest BCUT2D eigenvalue weighted by molar-refractivity contribution is 7.91. The maximum atomic E-state index is 13.8. The molecule has 3 aliphatic rings. The van der Waals surface area contributed by atoms with Gasteiger partial charge in [0.05, 0.1) is 18.9 Å². The number of hydrogen-bond donors (Lipinski definition) is 3. The molecule has 0 radical (unpaired) electrons. The van der Waals surface area contributed by atoms with Crippen molar-refractivity contribution in [2.24, 2.45) is 0 Å². The van der Waals surface area contributed by atoms with E-state index in [1.807, 2.05) is 6.07 Å². The van der Waals surface area contributed by atoms with Crippen LogP contribution in [-0.4, -0.2) is 84.6 Å². The van der Waals surface area contributed by atoms with Gasteiger partial charge < -0.3 is 25.0 Å². The van der Waals surface area contributed by atoms with E-state index < -0.39 is 62.6 Å². The zero-order valence-electron chi connectivity index (χ0n) is 24.5. The van der Waals surface area contributed by atoms with Crippen LogP contribution in [0, 0.1) is 0 Å². The molecule has 0 unspecified atom stereocenters. The van der Waals surface area contributed by atoms with Crippen molar-refractivity contribution in [3.63, 3.8) is 0 Å². The Morgan fingerprint density at radius 3 is 2.55 bits per heavy atom. The molecule has 2 aromatic rings. The summed E-state index contributed by atoms with van der Waals surface area (Å²) in [6.07, 6.45) is 3.03. The number of carbonyl (C=O) groups excluding carboxylic acids is 4. The van der Waals surface area contributed by atoms with Crippen molar-refractivity contribution in [3.8, 4) is 11.6 Å². The highest BCUT2D eigenvalue weighted by Crippen LogP contribution is 2.38. The predicted molar refractivity (Wildman–Crippen MR) is 160 cm³/mol. The quantitative estimate of drug-likeness (QED) is 0.244. The Hall–Kier alpha value is -4.46. The van der Waals surface area contributed by atoms with E-state index in [2.05, 4.69) is 33.5 Å². The molecule has 5 rings (SSSR count). The number of aromatic nitrogens is 1. The van der Waals surface area contributed by atoms with Crippen molar-refractivity contribution < 1.29 is 37.1 Å². The first-order chi connectivity index (χ1) is 20.9. The molecule has 2 aliphatic carbocycles. The molecule has 3 N–H and O–H groups in total. The zero-order chi connectivity index (χ0) is 31.8. The molecule has 2 saturated carbocycles. The number of likely N-dealkylation sites (tertiary alicyclic amines) is 1. The fraction of sp³-hybridized carbons (Fsp3) is 0.433. The molecule has 1 aromatic carbocycles. The van der Waals surface area contributed by atoms with Crippen LogP contribution in [0.4, 0.5) is 0 Å². The predicted octanol–water partition coefficient (Wildman–Crippen LogP) is 1.10. The number of benzene rings is 1. The van der Waals surface area contributed by atoms with Gasteiger partial charge in [0.15, 0.2) is 0 Å². The minimum absolute atomic E-state index is 0.0125. The fourth-order valence-electron chi connectivity index (χ4n) is 5.58. The molecule has 1 aliphatic heterocycles. The second-order valence-electron chi connectivity index (χ2n) is 11.5. The van der Waals surface area contributed by atoms with E-state index in [4.69, 9.17) is 9.47 Å². The van der Waals surface area contributed by atoms with Crippen LogP contribution in [-0.2, 0) is 29.2 Å². The summed E-state index contributed by atoms with van der Waals surface area (Å²) in [4.78, 5) is 58.1. The van der Waals surface area contributed by atoms with Crippen LogP contribution >= 0.6 is 0 Å². The molecular formula is C30H35N5O8S. The number of nitrogens with zero attached hydrogens (tertiary/aromatic N) is 2. The zero-order valence-corrected chi connectivity index (χ0v) is 25.3. The summed E-state index contributed by atoms with van der Waals surface area (Å²) in [7, 11) is -2.30. The van der Waals surface area contributed by atoms with Gasteiger partial charge in [0.1, 0.15) is 29.5 Å². The van der Waals surface area contributed by atoms with E-state index in [-0.39, 0.29) is 25.8 Å². The first kappa shape index (κ1) is 31.0. The Bertz CT molecular complexity index is 1650. The van der Waals surface area contributed by atoms with Crippen LogP contribution in [0.3, 0.4) is 0 Å². The van der Waals surface area contributed by atoms with Gasteiger partial charge in [0, 0.05) is 30.8 Å². The first-order valence-electron chi connectivity index (χ1n) is 14.2. The second-order valence-corrected chi connectivity index (χ2v) is 13.4. The molecule has 44 heavy (non-hydrogen) atoms. The van der Waals surface area contributed by atoms with Gasteiger partial charge in [-0.05, 0) is 55.5 Å². The fourth-order valence-corrected chi connectivity index (χ4v) is 6.96. The number of ether oxygens (including phenoxy) is 2. The average Bonchev–Trinajstić information content (AvgIpc) is 3.76. The number of carbonyl (C=O) groups is 4. The van der Waals surface area contributed by atoms with Gasteiger partial charge in [0.2, 0.25) is 33.6 Å². The van der Waals surface area contributed by atoms with Crippen molar-refractivity contribution in [1.82, 2.24) is 25.2 Å². The van der Waals surface area contributed by atoms with Crippen molar-refractivity contribution in [2.45, 2.75) is 68.0 Å². The highest BCUT2D eigenvalue weighted by Gasteiger charge is 2.52. The maximum absolute atomic E-state index is 13.8. The first-order valence-corrected chi connectivity index (χ1v) is 15.8. The third kappa shape index (κ3) is 6.25. The molecule has 3 fully saturated rings. The third-order valence-electron chi connectivity index (χ3n) is 8.08. The lowest BCUT2D eigenvalue weighted by Crippen LogP contribution is -2.66. The van der Waals surface area contributed by atoms with E-state index in [9.17, 15) is 27.6 Å². The second kappa shape index (κ2) is 11.9. The monoisotopic (exact) mass is 625 g/mol. The van der Waals surface area contributed by atoms with Crippen molar-refractivity contribution in [3.05, 3.63) is 55.3 Å². The van der Waals surface area contributed by atoms with E-state index in [0.29, 0.717) is 35.4 Å². The molecule has 3 atom stereocenters. The Balaban J connectivity index is 1.38. The lowest BCUT2D eigenvalue weighted by atomic mass is 9.72. The summed E-state index contributed by atoms with van der Waals surface area (Å²) in [5.41, 5.74) is -0.854. The third-order valence-corrected chi connectivity index (χ3v) is 9.89. The summed E-state index contributed by atoms with van der Waals surface area (Å²) < 4.78 is 38.7. The van der Waals surface area contributed by atoms with Gasteiger partial charge in [-0.1, -0.05) is 18.7 Å². The van der Waals surface area contributed by atoms with Gasteiger partial charge >= 0.3 is 0 Å². The molecule has 2 heterocycles. The topological polar surface area (TPSA) is 173 Å². The Kier molecular flexibility index (Phi) is 8.38. The summed E-state index contributed by atoms with van der Waals surface area (Å²) in [5, 5.41) is 6.13. The Morgan fingerprint density at radius 2 is 1.91 bits per heavy atom. The van der Waals surface area contributed by atoms with Gasteiger partial charge in [-0.15, -0.1) is 0 Å². The van der Waals surface area contributed by atoms with Gasteiger partial charge in [-0.2, -0.15) is 0 Å². The number of pyridine rings is 1. The minimum atomic E-state index is -3.86. The van der Waals surface area contributed by atoms with Gasteiger partial charge in [-0.3, -0.25) is 23.9 Å². The molecule has 1 aromatic heterocycles. The molecular weight excluding hydrogens is 590 g/mol. The summed E-state index contributed by atoms with van der Waals surface area (Å²) in [6.45, 7) is 8.73. The van der Waals surface area contributed by atoms with Crippen LogP contribution in [0.15, 0.2) is 55.3 Å². The summed E-state index contributed by atoms with van der Waals surface area (Å²) in [6, 6.07) is 5.10. The number of methoxy groups -OCH3 is 1. The number of sulfonamides is 1. The number of rotatable bonds is 11. The number of amides is 4. The molecule has 4 amide bonds. The van der Waals surface area contributed by atoms with E-state index in [1.54, 1.807) is 31.5 Å². The molecule has 13 nitrogen and oxygen atoms in total. The number of nitrogens with one attached hydrogen (secondary N) is 3. The van der Waals surface area contributed by atoms with E-state index in [0.717, 1.165) is 11.5 Å². The molecule has 14 heteroatoms. The smallest absolute Gasteiger partial charge is 0.259 e. The van der Waals surface area contributed by atoms with Crippen molar-refractivity contribution >= 4 is 44.4 Å². The van der Waals surface area contributed by atoms with E-state index in [1.165, 1.54) is 11.8 Å². The molecule has 0 bridgehead atoms. The van der Waals surface area contributed by atoms with Crippen LogP contribution in [0.25, 0.3) is 10.8 Å². The molecule has 1 saturated heterocycles. The number of fused-ring (bicyclic) bond motifs is 1. The lowest BCUT2D eigenvalue weighted by Gasteiger charge is -2.43. The normalized spacial score (nSPS) is 21.5. The molecule has 0 spiro atoms. The van der Waals surface area contributed by atoms with Crippen molar-refractivity contribution in [2.75, 3.05) is 13.7 Å². The van der Waals surface area contributed by atoms with Crippen LogP contribution in [0.5, 0.6) is 11.6 Å². The SMILES string of the molecule is C=CC(=O)N[C@H](C)C(=O)N1C[C@H](Oc2nccc3cc(OC)ccc23)C[C@H]1C(=O)NC1(C(=O)NS(=O)(=O)C2CC2)CC(=C)C1. The van der Waals surface area contributed by atoms with Crippen molar-refractivity contribution in [1.29, 1.82) is 0 Å². The van der Waals surface area contributed by atoms with Gasteiger partial charge in [0.25, 0.3) is 5.91 Å². The largest absolute Gasteiger partial charge is 0.497 e. The van der Waals surface area contributed by atoms with Crippen LogP contribution in [0.1, 0.15) is 39.0 Å². The van der Waals surface area contributed by atoms with Crippen LogP contribution in [0.2, 0.25) is 0 Å². The number of hydrogen-bond acceptors (Lipinski definition) is 9. The summed E-state index contributed by atoms with van der Waals surface area (Å²) in [5.74, 6) is -1.65. The van der Waals surface area contributed by atoms with E-state index >= 15 is 0 Å². The Labute approximate surface area is 255 Å². The maximum Gasteiger partial charge on any atom is 0.259 e. The Morgan fingerprint density at radius 1 is 1.18 bits per heavy atom. The minimum Gasteiger partial charge on any atom is -0.497 e. The standard InChI is InChI=1S/C30H35N5O8S/c1-5-25(36)32-18(3)28(38)35-16-21(43-27-23-9-6-20(42-4)12-19(23)10-11-31-27)13-24(35)26(37)33-30(14-17(2)15-30)29(39)34-44(40,41)22-7-8-22/h5-6,9-12,18,21-22,24H,1-2,7-8,13-16H2,3-4H3,(H,32,36)(H,33,37)(H,34,39)/t18-,21-,24+/m1/s1. The highest BCUT2D eigenvalue weighted by atomic mass is 32.2. The van der Waals surface area contributed by atoms with Gasteiger partial charge in [-0.25, -0.2) is 13.4 Å². The average molecular weight is 626 g/mol. The molecule has 234 valence electrons. The summed E-state index contributed by atoms with van der Waals surface area (Å²) >= 11 is 0.